The van der Waals surface area contributed by atoms with Crippen LogP contribution in [0.15, 0.2) is 79.3 Å². The lowest BCUT2D eigenvalue weighted by Gasteiger charge is -2.12. The normalized spacial score (nSPS) is 11.0. The number of benzene rings is 2. The Morgan fingerprint density at radius 3 is 2.65 bits per heavy atom. The van der Waals surface area contributed by atoms with Crippen molar-refractivity contribution < 1.29 is 9.53 Å². The number of rotatable bonds is 9. The van der Waals surface area contributed by atoms with E-state index in [4.69, 9.17) is 14.7 Å². The lowest BCUT2D eigenvalue weighted by atomic mass is 10.1. The van der Waals surface area contributed by atoms with Crippen molar-refractivity contribution >= 4 is 28.4 Å². The Morgan fingerprint density at radius 2 is 1.86 bits per heavy atom. The van der Waals surface area contributed by atoms with Gasteiger partial charge in [-0.15, -0.1) is 0 Å². The van der Waals surface area contributed by atoms with E-state index in [1.54, 1.807) is 12.4 Å². The molecule has 5 aromatic rings. The maximum absolute atomic E-state index is 12.0. The first-order chi connectivity index (χ1) is 18.0. The van der Waals surface area contributed by atoms with Crippen molar-refractivity contribution in [3.63, 3.8) is 0 Å². The van der Waals surface area contributed by atoms with Gasteiger partial charge in [0.1, 0.15) is 11.3 Å². The molecule has 0 atom stereocenters. The summed E-state index contributed by atoms with van der Waals surface area (Å²) in [5, 5.41) is 13.1. The molecule has 186 valence electrons. The summed E-state index contributed by atoms with van der Waals surface area (Å²) in [6, 6.07) is 19.2. The minimum Gasteiger partial charge on any atom is -0.484 e. The van der Waals surface area contributed by atoms with Gasteiger partial charge in [0.15, 0.2) is 18.2 Å². The highest BCUT2D eigenvalue weighted by Crippen LogP contribution is 2.28. The van der Waals surface area contributed by atoms with Crippen molar-refractivity contribution in [2.75, 3.05) is 18.5 Å². The monoisotopic (exact) mass is 493 g/mol. The lowest BCUT2D eigenvalue weighted by molar-refractivity contribution is -0.123. The van der Waals surface area contributed by atoms with Gasteiger partial charge in [0, 0.05) is 35.8 Å². The Balaban J connectivity index is 1.39. The van der Waals surface area contributed by atoms with Crippen LogP contribution in [-0.2, 0) is 4.79 Å². The number of ether oxygens (including phenoxy) is 1. The molecule has 0 saturated heterocycles. The molecule has 0 aliphatic carbocycles. The fourth-order valence-electron chi connectivity index (χ4n) is 3.72. The van der Waals surface area contributed by atoms with Crippen LogP contribution in [0.1, 0.15) is 13.8 Å². The molecule has 0 saturated carbocycles. The zero-order valence-corrected chi connectivity index (χ0v) is 20.6. The van der Waals surface area contributed by atoms with Crippen LogP contribution in [0.4, 0.5) is 11.5 Å². The molecule has 1 amide bonds. The van der Waals surface area contributed by atoms with E-state index in [9.17, 15) is 4.79 Å². The molecule has 2 aromatic carbocycles. The van der Waals surface area contributed by atoms with Crippen LogP contribution in [0.2, 0.25) is 0 Å². The fraction of sp³-hybridized carbons (Fsp3) is 0.179. The van der Waals surface area contributed by atoms with E-state index >= 15 is 0 Å². The standard InChI is InChI=1S/C28H27N7O2/c1-18(2)14-30-25(36)17-37-23-6-3-5-20(13-23)27-34-24-7-4-12-29-26(24)28(35-27)33-22-10-8-19(9-11-22)21-15-31-32-16-21/h3-13,15-16,18H,14,17H2,1-2H3,(H,30,36)(H,31,32)(H,33,34,35). The van der Waals surface area contributed by atoms with E-state index in [1.807, 2.05) is 80.7 Å². The quantitative estimate of drug-likeness (QED) is 0.265. The number of hydrogen-bond donors (Lipinski definition) is 3. The van der Waals surface area contributed by atoms with Gasteiger partial charge in [-0.3, -0.25) is 14.9 Å². The van der Waals surface area contributed by atoms with Crippen molar-refractivity contribution in [2.24, 2.45) is 5.92 Å². The average molecular weight is 494 g/mol. The lowest BCUT2D eigenvalue weighted by Crippen LogP contribution is -2.31. The van der Waals surface area contributed by atoms with Crippen LogP contribution in [0.5, 0.6) is 5.75 Å². The number of nitrogens with one attached hydrogen (secondary N) is 3. The summed E-state index contributed by atoms with van der Waals surface area (Å²) in [6.45, 7) is 4.65. The van der Waals surface area contributed by atoms with Crippen LogP contribution in [-0.4, -0.2) is 44.2 Å². The SMILES string of the molecule is CC(C)CNC(=O)COc1cccc(-c2nc(Nc3ccc(-c4cn[nH]c4)cc3)c3ncccc3n2)c1. The number of hydrogen-bond acceptors (Lipinski definition) is 7. The van der Waals surface area contributed by atoms with E-state index < -0.39 is 0 Å². The number of carbonyl (C=O) groups is 1. The Hall–Kier alpha value is -4.79. The third-order valence-electron chi connectivity index (χ3n) is 5.60. The highest BCUT2D eigenvalue weighted by molar-refractivity contribution is 5.89. The summed E-state index contributed by atoms with van der Waals surface area (Å²) in [4.78, 5) is 26.1. The third kappa shape index (κ3) is 5.90. The van der Waals surface area contributed by atoms with Crippen molar-refractivity contribution in [1.82, 2.24) is 30.5 Å². The minimum atomic E-state index is -0.155. The number of carbonyl (C=O) groups excluding carboxylic acids is 1. The number of aromatic nitrogens is 5. The first-order valence-corrected chi connectivity index (χ1v) is 12.0. The van der Waals surface area contributed by atoms with Crippen molar-refractivity contribution in [3.8, 4) is 28.3 Å². The van der Waals surface area contributed by atoms with Gasteiger partial charge < -0.3 is 15.4 Å². The van der Waals surface area contributed by atoms with E-state index in [1.165, 1.54) is 0 Å². The molecule has 37 heavy (non-hydrogen) atoms. The van der Waals surface area contributed by atoms with Crippen molar-refractivity contribution in [2.45, 2.75) is 13.8 Å². The van der Waals surface area contributed by atoms with E-state index in [2.05, 4.69) is 25.8 Å². The van der Waals surface area contributed by atoms with Crippen LogP contribution < -0.4 is 15.4 Å². The van der Waals surface area contributed by atoms with Crippen LogP contribution in [0.25, 0.3) is 33.5 Å². The number of pyridine rings is 1. The number of anilines is 2. The van der Waals surface area contributed by atoms with E-state index in [0.717, 1.165) is 22.4 Å². The van der Waals surface area contributed by atoms with Gasteiger partial charge >= 0.3 is 0 Å². The highest BCUT2D eigenvalue weighted by Gasteiger charge is 2.12. The van der Waals surface area contributed by atoms with Crippen LogP contribution in [0, 0.1) is 5.92 Å². The Labute approximate surface area is 214 Å². The van der Waals surface area contributed by atoms with Crippen LogP contribution in [0.3, 0.4) is 0 Å². The Bertz CT molecular complexity index is 1500. The summed E-state index contributed by atoms with van der Waals surface area (Å²) < 4.78 is 5.72. The predicted octanol–water partition coefficient (Wildman–Crippen LogP) is 4.98. The second kappa shape index (κ2) is 10.9. The molecule has 3 N–H and O–H groups in total. The number of amides is 1. The molecule has 3 heterocycles. The molecule has 0 fully saturated rings. The zero-order chi connectivity index (χ0) is 25.6. The van der Waals surface area contributed by atoms with E-state index in [-0.39, 0.29) is 12.5 Å². The first-order valence-electron chi connectivity index (χ1n) is 12.0. The number of fused-ring (bicyclic) bond motifs is 1. The maximum atomic E-state index is 12.0. The highest BCUT2D eigenvalue weighted by atomic mass is 16.5. The second-order valence-electron chi connectivity index (χ2n) is 8.97. The van der Waals surface area contributed by atoms with Gasteiger partial charge in [-0.25, -0.2) is 9.97 Å². The molecule has 3 aromatic heterocycles. The molecule has 0 aliphatic heterocycles. The van der Waals surface area contributed by atoms with Gasteiger partial charge in [0.2, 0.25) is 0 Å². The Kier molecular flexibility index (Phi) is 7.02. The molecule has 9 heteroatoms. The third-order valence-corrected chi connectivity index (χ3v) is 5.60. The molecule has 5 rings (SSSR count). The molecule has 0 radical (unpaired) electrons. The molecular weight excluding hydrogens is 466 g/mol. The summed E-state index contributed by atoms with van der Waals surface area (Å²) in [5.74, 6) is 1.90. The average Bonchev–Trinajstić information content (AvgIpc) is 3.46. The molecule has 9 nitrogen and oxygen atoms in total. The number of H-pyrrole nitrogens is 1. The first kappa shape index (κ1) is 23.9. The summed E-state index contributed by atoms with van der Waals surface area (Å²) in [6.07, 6.45) is 5.36. The van der Waals surface area contributed by atoms with Gasteiger partial charge in [-0.05, 0) is 47.9 Å². The summed E-state index contributed by atoms with van der Waals surface area (Å²) >= 11 is 0. The molecule has 0 unspecified atom stereocenters. The summed E-state index contributed by atoms with van der Waals surface area (Å²) in [5.41, 5.74) is 5.09. The summed E-state index contributed by atoms with van der Waals surface area (Å²) in [7, 11) is 0. The van der Waals surface area contributed by atoms with Gasteiger partial charge in [0.05, 0.1) is 11.7 Å². The Morgan fingerprint density at radius 1 is 1.00 bits per heavy atom. The zero-order valence-electron chi connectivity index (χ0n) is 20.6. The second-order valence-corrected chi connectivity index (χ2v) is 8.97. The smallest absolute Gasteiger partial charge is 0.257 e. The number of nitrogens with zero attached hydrogens (tertiary/aromatic N) is 4. The predicted molar refractivity (Wildman–Crippen MR) is 143 cm³/mol. The van der Waals surface area contributed by atoms with Crippen molar-refractivity contribution in [1.29, 1.82) is 0 Å². The van der Waals surface area contributed by atoms with Crippen LogP contribution >= 0.6 is 0 Å². The van der Waals surface area contributed by atoms with Gasteiger partial charge in [0.25, 0.3) is 5.91 Å². The molecular formula is C28H27N7O2. The molecule has 0 bridgehead atoms. The van der Waals surface area contributed by atoms with Crippen molar-refractivity contribution in [3.05, 3.63) is 79.3 Å². The van der Waals surface area contributed by atoms with Gasteiger partial charge in [-0.2, -0.15) is 5.10 Å². The molecule has 0 spiro atoms. The molecule has 0 aliphatic rings. The maximum Gasteiger partial charge on any atom is 0.257 e. The minimum absolute atomic E-state index is 0.0553. The number of aromatic amines is 1. The van der Waals surface area contributed by atoms with E-state index in [0.29, 0.717) is 40.9 Å². The van der Waals surface area contributed by atoms with Gasteiger partial charge in [-0.1, -0.05) is 38.1 Å². The fourth-order valence-corrected chi connectivity index (χ4v) is 3.72. The largest absolute Gasteiger partial charge is 0.484 e. The topological polar surface area (TPSA) is 118 Å².